The standard InChI is InChI=1S/C13H19FN2O2S.ClH/c1-9-6-12(7-10(2)13(9)14)19(17,18)16-5-4-15-8-11(16)3;/h6-7,11,15H,4-5,8H2,1-3H3;1H. The van der Waals surface area contributed by atoms with Gasteiger partial charge in [-0.2, -0.15) is 4.31 Å². The van der Waals surface area contributed by atoms with Gasteiger partial charge in [0.05, 0.1) is 4.90 Å². The second-order valence-electron chi connectivity index (χ2n) is 5.04. The summed E-state index contributed by atoms with van der Waals surface area (Å²) < 4.78 is 40.3. The van der Waals surface area contributed by atoms with Crippen LogP contribution in [0.1, 0.15) is 18.1 Å². The van der Waals surface area contributed by atoms with E-state index in [9.17, 15) is 12.8 Å². The summed E-state index contributed by atoms with van der Waals surface area (Å²) in [6.07, 6.45) is 0. The molecule has 1 saturated heterocycles. The smallest absolute Gasteiger partial charge is 0.243 e. The molecule has 1 aromatic rings. The summed E-state index contributed by atoms with van der Waals surface area (Å²) in [6.45, 7) is 6.76. The van der Waals surface area contributed by atoms with Crippen molar-refractivity contribution in [2.75, 3.05) is 19.6 Å². The molecule has 20 heavy (non-hydrogen) atoms. The van der Waals surface area contributed by atoms with Crippen molar-refractivity contribution in [1.29, 1.82) is 0 Å². The Morgan fingerprint density at radius 3 is 2.35 bits per heavy atom. The molecule has 1 atom stereocenters. The molecule has 1 aromatic carbocycles. The number of halogens is 2. The monoisotopic (exact) mass is 322 g/mol. The Bertz CT molecular complexity index is 569. The third-order valence-electron chi connectivity index (χ3n) is 3.46. The highest BCUT2D eigenvalue weighted by Crippen LogP contribution is 2.23. The van der Waals surface area contributed by atoms with Crippen molar-refractivity contribution >= 4 is 22.4 Å². The van der Waals surface area contributed by atoms with E-state index in [1.54, 1.807) is 13.8 Å². The summed E-state index contributed by atoms with van der Waals surface area (Å²) >= 11 is 0. The summed E-state index contributed by atoms with van der Waals surface area (Å²) in [7, 11) is -3.55. The molecule has 1 aliphatic rings. The van der Waals surface area contributed by atoms with E-state index in [-0.39, 0.29) is 29.2 Å². The predicted octanol–water partition coefficient (Wildman–Crippen LogP) is 1.85. The van der Waals surface area contributed by atoms with E-state index in [1.165, 1.54) is 16.4 Å². The Hall–Kier alpha value is -0.690. The lowest BCUT2D eigenvalue weighted by Gasteiger charge is -2.33. The van der Waals surface area contributed by atoms with Crippen LogP contribution in [-0.4, -0.2) is 38.4 Å². The van der Waals surface area contributed by atoms with E-state index < -0.39 is 10.0 Å². The van der Waals surface area contributed by atoms with Gasteiger partial charge in [0.15, 0.2) is 0 Å². The quantitative estimate of drug-likeness (QED) is 0.904. The Morgan fingerprint density at radius 1 is 1.30 bits per heavy atom. The van der Waals surface area contributed by atoms with Gasteiger partial charge in [0.25, 0.3) is 0 Å². The fourth-order valence-corrected chi connectivity index (χ4v) is 4.17. The lowest BCUT2D eigenvalue weighted by molar-refractivity contribution is 0.284. The van der Waals surface area contributed by atoms with Crippen LogP contribution in [0.15, 0.2) is 17.0 Å². The van der Waals surface area contributed by atoms with E-state index in [2.05, 4.69) is 5.32 Å². The number of benzene rings is 1. The molecule has 114 valence electrons. The van der Waals surface area contributed by atoms with Crippen LogP contribution in [0.2, 0.25) is 0 Å². The molecular formula is C13H20ClFN2O2S. The molecular weight excluding hydrogens is 303 g/mol. The van der Waals surface area contributed by atoms with Gasteiger partial charge in [-0.25, -0.2) is 12.8 Å². The SMILES string of the molecule is Cc1cc(S(=O)(=O)N2CCNCC2C)cc(C)c1F.Cl. The summed E-state index contributed by atoms with van der Waals surface area (Å²) in [5.41, 5.74) is 0.725. The second kappa shape index (κ2) is 6.39. The normalized spacial score (nSPS) is 20.5. The van der Waals surface area contributed by atoms with Gasteiger partial charge in [0.1, 0.15) is 5.82 Å². The van der Waals surface area contributed by atoms with Crippen molar-refractivity contribution < 1.29 is 12.8 Å². The van der Waals surface area contributed by atoms with Crippen LogP contribution in [-0.2, 0) is 10.0 Å². The maximum absolute atomic E-state index is 13.6. The van der Waals surface area contributed by atoms with E-state index in [4.69, 9.17) is 0 Å². The van der Waals surface area contributed by atoms with Gasteiger partial charge in [-0.05, 0) is 44.0 Å². The topological polar surface area (TPSA) is 49.4 Å². The van der Waals surface area contributed by atoms with Gasteiger partial charge in [-0.1, -0.05) is 0 Å². The Labute approximate surface area is 125 Å². The van der Waals surface area contributed by atoms with Gasteiger partial charge >= 0.3 is 0 Å². The minimum Gasteiger partial charge on any atom is -0.314 e. The van der Waals surface area contributed by atoms with Crippen molar-refractivity contribution in [1.82, 2.24) is 9.62 Å². The molecule has 1 fully saturated rings. The minimum absolute atomic E-state index is 0. The zero-order valence-electron chi connectivity index (χ0n) is 11.8. The van der Waals surface area contributed by atoms with Crippen molar-refractivity contribution in [3.8, 4) is 0 Å². The number of rotatable bonds is 2. The molecule has 0 saturated carbocycles. The number of hydrogen-bond donors (Lipinski definition) is 1. The van der Waals surface area contributed by atoms with Crippen LogP contribution in [0.25, 0.3) is 0 Å². The van der Waals surface area contributed by atoms with E-state index >= 15 is 0 Å². The zero-order valence-corrected chi connectivity index (χ0v) is 13.4. The number of nitrogens with zero attached hydrogens (tertiary/aromatic N) is 1. The van der Waals surface area contributed by atoms with Crippen molar-refractivity contribution in [2.24, 2.45) is 0 Å². The highest BCUT2D eigenvalue weighted by Gasteiger charge is 2.31. The summed E-state index contributed by atoms with van der Waals surface area (Å²) in [4.78, 5) is 0.178. The fourth-order valence-electron chi connectivity index (χ4n) is 2.37. The molecule has 0 spiro atoms. The Balaban J connectivity index is 0.00000200. The maximum Gasteiger partial charge on any atom is 0.243 e. The molecule has 1 aliphatic heterocycles. The minimum atomic E-state index is -3.55. The third kappa shape index (κ3) is 3.14. The molecule has 1 unspecified atom stereocenters. The van der Waals surface area contributed by atoms with Gasteiger partial charge in [0, 0.05) is 25.7 Å². The number of piperazine rings is 1. The van der Waals surface area contributed by atoms with Crippen LogP contribution in [0.3, 0.4) is 0 Å². The molecule has 2 rings (SSSR count). The van der Waals surface area contributed by atoms with Crippen LogP contribution >= 0.6 is 12.4 Å². The Morgan fingerprint density at radius 2 is 1.85 bits per heavy atom. The molecule has 0 aromatic heterocycles. The molecule has 7 heteroatoms. The number of nitrogens with one attached hydrogen (secondary N) is 1. The number of hydrogen-bond acceptors (Lipinski definition) is 3. The predicted molar refractivity (Wildman–Crippen MR) is 79.3 cm³/mol. The molecule has 4 nitrogen and oxygen atoms in total. The largest absolute Gasteiger partial charge is 0.314 e. The first-order valence-electron chi connectivity index (χ1n) is 6.33. The first-order chi connectivity index (χ1) is 8.84. The zero-order chi connectivity index (χ0) is 14.2. The first-order valence-corrected chi connectivity index (χ1v) is 7.77. The van der Waals surface area contributed by atoms with Crippen LogP contribution in [0, 0.1) is 19.7 Å². The highest BCUT2D eigenvalue weighted by atomic mass is 35.5. The fraction of sp³-hybridized carbons (Fsp3) is 0.538. The second-order valence-corrected chi connectivity index (χ2v) is 6.93. The lowest BCUT2D eigenvalue weighted by atomic mass is 10.1. The molecule has 0 bridgehead atoms. The maximum atomic E-state index is 13.6. The third-order valence-corrected chi connectivity index (χ3v) is 5.45. The van der Waals surface area contributed by atoms with E-state index in [0.29, 0.717) is 30.8 Å². The molecule has 1 heterocycles. The molecule has 0 radical (unpaired) electrons. The average Bonchev–Trinajstić information content (AvgIpc) is 2.35. The summed E-state index contributed by atoms with van der Waals surface area (Å²) in [5, 5.41) is 3.15. The number of sulfonamides is 1. The lowest BCUT2D eigenvalue weighted by Crippen LogP contribution is -2.52. The van der Waals surface area contributed by atoms with Crippen molar-refractivity contribution in [3.05, 3.63) is 29.1 Å². The van der Waals surface area contributed by atoms with Gasteiger partial charge < -0.3 is 5.32 Å². The molecule has 1 N–H and O–H groups in total. The average molecular weight is 323 g/mol. The number of aryl methyl sites for hydroxylation is 2. The first kappa shape index (κ1) is 17.4. The van der Waals surface area contributed by atoms with Crippen molar-refractivity contribution in [2.45, 2.75) is 31.7 Å². The van der Waals surface area contributed by atoms with Gasteiger partial charge in [-0.3, -0.25) is 0 Å². The molecule has 0 amide bonds. The van der Waals surface area contributed by atoms with Crippen LogP contribution < -0.4 is 5.32 Å². The van der Waals surface area contributed by atoms with E-state index in [1.807, 2.05) is 6.92 Å². The van der Waals surface area contributed by atoms with E-state index in [0.717, 1.165) is 0 Å². The van der Waals surface area contributed by atoms with Crippen LogP contribution in [0.4, 0.5) is 4.39 Å². The van der Waals surface area contributed by atoms with Gasteiger partial charge in [0.2, 0.25) is 10.0 Å². The van der Waals surface area contributed by atoms with Gasteiger partial charge in [-0.15, -0.1) is 12.4 Å². The van der Waals surface area contributed by atoms with Crippen LogP contribution in [0.5, 0.6) is 0 Å². The summed E-state index contributed by atoms with van der Waals surface area (Å²) in [6, 6.07) is 2.73. The highest BCUT2D eigenvalue weighted by molar-refractivity contribution is 7.89. The summed E-state index contributed by atoms with van der Waals surface area (Å²) in [5.74, 6) is -0.340. The van der Waals surface area contributed by atoms with Crippen molar-refractivity contribution in [3.63, 3.8) is 0 Å². The molecule has 0 aliphatic carbocycles. The Kier molecular flexibility index (Phi) is 5.54.